The maximum Gasteiger partial charge on any atom is 0.248 e. The van der Waals surface area contributed by atoms with Crippen LogP contribution < -0.4 is 5.32 Å². The van der Waals surface area contributed by atoms with E-state index in [0.717, 1.165) is 58.7 Å². The number of piperazine rings is 1. The summed E-state index contributed by atoms with van der Waals surface area (Å²) in [6.45, 7) is 7.99. The summed E-state index contributed by atoms with van der Waals surface area (Å²) in [5.41, 5.74) is 0. The first kappa shape index (κ1) is 13.8. The molecule has 2 heterocycles. The number of carbonyl (C=O) groups excluding carboxylic acids is 1. The zero-order chi connectivity index (χ0) is 12.6. The molecule has 2 rings (SSSR count). The highest BCUT2D eigenvalue weighted by Gasteiger charge is 2.16. The van der Waals surface area contributed by atoms with Crippen LogP contribution in [0.5, 0.6) is 0 Å². The monoisotopic (exact) mass is 255 g/mol. The Kier molecular flexibility index (Phi) is 5.90. The van der Waals surface area contributed by atoms with Gasteiger partial charge < -0.3 is 15.0 Å². The number of nitrogens with one attached hydrogen (secondary N) is 1. The van der Waals surface area contributed by atoms with Gasteiger partial charge in [0.15, 0.2) is 0 Å². The maximum atomic E-state index is 11.8. The summed E-state index contributed by atoms with van der Waals surface area (Å²) in [6, 6.07) is 0. The molecule has 0 bridgehead atoms. The smallest absolute Gasteiger partial charge is 0.248 e. The Morgan fingerprint density at radius 2 is 1.78 bits per heavy atom. The van der Waals surface area contributed by atoms with Gasteiger partial charge in [-0.15, -0.1) is 0 Å². The first-order chi connectivity index (χ1) is 8.86. The fourth-order valence-corrected chi connectivity index (χ4v) is 2.52. The Morgan fingerprint density at radius 1 is 1.06 bits per heavy atom. The standard InChI is InChI=1S/C13H25N3O2/c17-13(16-6-2-1-3-7-16)12-18-11-10-15-8-4-14-5-9-15/h14H,1-12H2. The molecule has 0 atom stereocenters. The minimum atomic E-state index is 0.162. The molecule has 0 aromatic rings. The van der Waals surface area contributed by atoms with Crippen LogP contribution in [0.2, 0.25) is 0 Å². The quantitative estimate of drug-likeness (QED) is 0.698. The summed E-state index contributed by atoms with van der Waals surface area (Å²) < 4.78 is 5.50. The minimum absolute atomic E-state index is 0.162. The lowest BCUT2D eigenvalue weighted by Crippen LogP contribution is -2.45. The van der Waals surface area contributed by atoms with Crippen molar-refractivity contribution < 1.29 is 9.53 Å². The Bertz CT molecular complexity index is 249. The zero-order valence-electron chi connectivity index (χ0n) is 11.2. The third kappa shape index (κ3) is 4.55. The van der Waals surface area contributed by atoms with Gasteiger partial charge in [-0.1, -0.05) is 0 Å². The van der Waals surface area contributed by atoms with Crippen molar-refractivity contribution in [2.24, 2.45) is 0 Å². The van der Waals surface area contributed by atoms with Gasteiger partial charge in [-0.25, -0.2) is 0 Å². The van der Waals surface area contributed by atoms with Crippen molar-refractivity contribution in [2.75, 3.05) is 59.0 Å². The minimum Gasteiger partial charge on any atom is -0.370 e. The molecule has 0 saturated carbocycles. The van der Waals surface area contributed by atoms with E-state index < -0.39 is 0 Å². The molecule has 1 amide bonds. The average Bonchev–Trinajstić information content (AvgIpc) is 2.45. The van der Waals surface area contributed by atoms with E-state index in [4.69, 9.17) is 4.74 Å². The fourth-order valence-electron chi connectivity index (χ4n) is 2.52. The Morgan fingerprint density at radius 3 is 2.50 bits per heavy atom. The van der Waals surface area contributed by atoms with Crippen LogP contribution in [0.1, 0.15) is 19.3 Å². The van der Waals surface area contributed by atoms with Gasteiger partial charge >= 0.3 is 0 Å². The number of hydrogen-bond donors (Lipinski definition) is 1. The van der Waals surface area contributed by atoms with Crippen LogP contribution in [0.4, 0.5) is 0 Å². The number of ether oxygens (including phenoxy) is 1. The highest BCUT2D eigenvalue weighted by molar-refractivity contribution is 5.77. The van der Waals surface area contributed by atoms with Crippen LogP contribution in [0.3, 0.4) is 0 Å². The summed E-state index contributed by atoms with van der Waals surface area (Å²) in [7, 11) is 0. The molecule has 2 aliphatic heterocycles. The number of amides is 1. The lowest BCUT2D eigenvalue weighted by atomic mass is 10.1. The van der Waals surface area contributed by atoms with E-state index in [2.05, 4.69) is 10.2 Å². The molecule has 2 fully saturated rings. The molecule has 5 nitrogen and oxygen atoms in total. The molecule has 104 valence electrons. The molecule has 0 radical (unpaired) electrons. The van der Waals surface area contributed by atoms with Gasteiger partial charge in [-0.2, -0.15) is 0 Å². The Labute approximate surface area is 109 Å². The van der Waals surface area contributed by atoms with Gasteiger partial charge in [-0.05, 0) is 19.3 Å². The van der Waals surface area contributed by atoms with Crippen molar-refractivity contribution in [1.29, 1.82) is 0 Å². The maximum absolute atomic E-state index is 11.8. The molecule has 5 heteroatoms. The van der Waals surface area contributed by atoms with Crippen molar-refractivity contribution in [3.05, 3.63) is 0 Å². The van der Waals surface area contributed by atoms with E-state index in [0.29, 0.717) is 6.61 Å². The highest BCUT2D eigenvalue weighted by atomic mass is 16.5. The predicted molar refractivity (Wildman–Crippen MR) is 70.6 cm³/mol. The lowest BCUT2D eigenvalue weighted by Gasteiger charge is -2.28. The number of hydrogen-bond acceptors (Lipinski definition) is 4. The molecular weight excluding hydrogens is 230 g/mol. The molecule has 18 heavy (non-hydrogen) atoms. The van der Waals surface area contributed by atoms with E-state index in [9.17, 15) is 4.79 Å². The topological polar surface area (TPSA) is 44.8 Å². The third-order valence-corrected chi connectivity index (χ3v) is 3.70. The SMILES string of the molecule is O=C(COCCN1CCNCC1)N1CCCCC1. The second-order valence-corrected chi connectivity index (χ2v) is 5.09. The number of piperidine rings is 1. The molecule has 2 saturated heterocycles. The summed E-state index contributed by atoms with van der Waals surface area (Å²) in [5, 5.41) is 3.32. The number of carbonyl (C=O) groups is 1. The Hall–Kier alpha value is -0.650. The van der Waals surface area contributed by atoms with E-state index in [1.54, 1.807) is 0 Å². The summed E-state index contributed by atoms with van der Waals surface area (Å²) >= 11 is 0. The number of rotatable bonds is 5. The number of likely N-dealkylation sites (tertiary alicyclic amines) is 1. The van der Waals surface area contributed by atoms with Gasteiger partial charge in [-0.3, -0.25) is 9.69 Å². The predicted octanol–water partition coefficient (Wildman–Crippen LogP) is -0.0793. The van der Waals surface area contributed by atoms with Crippen molar-refractivity contribution in [3.63, 3.8) is 0 Å². The van der Waals surface area contributed by atoms with Crippen molar-refractivity contribution in [1.82, 2.24) is 15.1 Å². The van der Waals surface area contributed by atoms with Gasteiger partial charge in [0.05, 0.1) is 6.61 Å². The first-order valence-corrected chi connectivity index (χ1v) is 7.15. The van der Waals surface area contributed by atoms with Gasteiger partial charge in [0.2, 0.25) is 5.91 Å². The average molecular weight is 255 g/mol. The van der Waals surface area contributed by atoms with Crippen LogP contribution >= 0.6 is 0 Å². The molecule has 0 aromatic carbocycles. The van der Waals surface area contributed by atoms with E-state index in [1.165, 1.54) is 6.42 Å². The second-order valence-electron chi connectivity index (χ2n) is 5.09. The van der Waals surface area contributed by atoms with Gasteiger partial charge in [0.1, 0.15) is 6.61 Å². The van der Waals surface area contributed by atoms with E-state index >= 15 is 0 Å². The molecule has 0 aromatic heterocycles. The largest absolute Gasteiger partial charge is 0.370 e. The molecule has 0 aliphatic carbocycles. The molecule has 0 unspecified atom stereocenters. The van der Waals surface area contributed by atoms with Gasteiger partial charge in [0.25, 0.3) is 0 Å². The fraction of sp³-hybridized carbons (Fsp3) is 0.923. The normalized spacial score (nSPS) is 22.1. The summed E-state index contributed by atoms with van der Waals surface area (Å²) in [6.07, 6.45) is 3.55. The van der Waals surface area contributed by atoms with Crippen LogP contribution in [0.15, 0.2) is 0 Å². The van der Waals surface area contributed by atoms with E-state index in [1.807, 2.05) is 4.90 Å². The van der Waals surface area contributed by atoms with E-state index in [-0.39, 0.29) is 12.5 Å². The summed E-state index contributed by atoms with van der Waals surface area (Å²) in [5.74, 6) is 0.162. The van der Waals surface area contributed by atoms with Crippen LogP contribution in [0.25, 0.3) is 0 Å². The van der Waals surface area contributed by atoms with Gasteiger partial charge in [0, 0.05) is 45.8 Å². The van der Waals surface area contributed by atoms with Crippen molar-refractivity contribution >= 4 is 5.91 Å². The van der Waals surface area contributed by atoms with Crippen molar-refractivity contribution in [3.8, 4) is 0 Å². The van der Waals surface area contributed by atoms with Crippen LogP contribution in [-0.2, 0) is 9.53 Å². The first-order valence-electron chi connectivity index (χ1n) is 7.15. The Balaban J connectivity index is 1.52. The molecular formula is C13H25N3O2. The number of nitrogens with zero attached hydrogens (tertiary/aromatic N) is 2. The highest BCUT2D eigenvalue weighted by Crippen LogP contribution is 2.08. The van der Waals surface area contributed by atoms with Crippen LogP contribution in [0, 0.1) is 0 Å². The molecule has 2 aliphatic rings. The molecule has 1 N–H and O–H groups in total. The zero-order valence-corrected chi connectivity index (χ0v) is 11.2. The summed E-state index contributed by atoms with van der Waals surface area (Å²) in [4.78, 5) is 16.1. The van der Waals surface area contributed by atoms with Crippen molar-refractivity contribution in [2.45, 2.75) is 19.3 Å². The second kappa shape index (κ2) is 7.71. The third-order valence-electron chi connectivity index (χ3n) is 3.70. The molecule has 0 spiro atoms. The lowest BCUT2D eigenvalue weighted by molar-refractivity contribution is -0.137. The van der Waals surface area contributed by atoms with Crippen LogP contribution in [-0.4, -0.2) is 74.7 Å².